The lowest BCUT2D eigenvalue weighted by atomic mass is 9.80. The third-order valence-corrected chi connectivity index (χ3v) is 5.78. The van der Waals surface area contributed by atoms with Gasteiger partial charge in [0.15, 0.2) is 0 Å². The number of urea groups is 1. The van der Waals surface area contributed by atoms with Gasteiger partial charge < -0.3 is 15.3 Å². The Hall–Kier alpha value is -2.90. The number of hydrogen-bond donors (Lipinski definition) is 3. The molecule has 1 aliphatic carbocycles. The van der Waals surface area contributed by atoms with Crippen LogP contribution in [0, 0.1) is 0 Å². The summed E-state index contributed by atoms with van der Waals surface area (Å²) in [6.07, 6.45) is 3.39. The highest BCUT2D eigenvalue weighted by Crippen LogP contribution is 2.34. The largest absolute Gasteiger partial charge is 0.479 e. The first-order valence-corrected chi connectivity index (χ1v) is 8.96. The second-order valence-corrected chi connectivity index (χ2v) is 7.37. The van der Waals surface area contributed by atoms with E-state index in [0.29, 0.717) is 24.0 Å². The fraction of sp³-hybridized carbons (Fsp3) is 0.474. The number of benzene rings is 1. The molecule has 1 aliphatic heterocycles. The quantitative estimate of drug-likeness (QED) is 0.693. The number of carboxylic acid groups (broad SMARTS) is 1. The zero-order valence-electron chi connectivity index (χ0n) is 15.4. The molecular formula is C19H23N3O5. The van der Waals surface area contributed by atoms with Gasteiger partial charge in [-0.05, 0) is 37.5 Å². The SMILES string of the molecule is CN(C(=O)c1ccc(C2(C)NC(=O)NC2=O)cc1)C1(C(=O)O)CCCCC1. The van der Waals surface area contributed by atoms with Crippen molar-refractivity contribution in [2.24, 2.45) is 0 Å². The van der Waals surface area contributed by atoms with Crippen molar-refractivity contribution < 1.29 is 24.3 Å². The number of carbonyl (C=O) groups excluding carboxylic acids is 3. The Kier molecular flexibility index (Phi) is 4.67. The molecule has 144 valence electrons. The fourth-order valence-corrected chi connectivity index (χ4v) is 3.91. The van der Waals surface area contributed by atoms with Crippen molar-refractivity contribution in [3.63, 3.8) is 0 Å². The molecule has 0 radical (unpaired) electrons. The van der Waals surface area contributed by atoms with Crippen LogP contribution in [0.3, 0.4) is 0 Å². The Bertz CT molecular complexity index is 798. The van der Waals surface area contributed by atoms with Crippen molar-refractivity contribution in [1.82, 2.24) is 15.5 Å². The van der Waals surface area contributed by atoms with Crippen LogP contribution in [-0.2, 0) is 15.1 Å². The van der Waals surface area contributed by atoms with Crippen molar-refractivity contribution >= 4 is 23.8 Å². The Balaban J connectivity index is 1.84. The summed E-state index contributed by atoms with van der Waals surface area (Å²) in [6, 6.07) is 5.73. The lowest BCUT2D eigenvalue weighted by Crippen LogP contribution is -2.56. The Morgan fingerprint density at radius 3 is 2.15 bits per heavy atom. The van der Waals surface area contributed by atoms with Gasteiger partial charge in [-0.2, -0.15) is 0 Å². The highest BCUT2D eigenvalue weighted by Gasteiger charge is 2.46. The molecule has 0 spiro atoms. The van der Waals surface area contributed by atoms with Crippen LogP contribution in [0.2, 0.25) is 0 Å². The van der Waals surface area contributed by atoms with Gasteiger partial charge in [0.2, 0.25) is 0 Å². The molecule has 4 amide bonds. The van der Waals surface area contributed by atoms with E-state index >= 15 is 0 Å². The number of amides is 4. The van der Waals surface area contributed by atoms with Crippen molar-refractivity contribution in [2.75, 3.05) is 7.05 Å². The van der Waals surface area contributed by atoms with Crippen molar-refractivity contribution in [3.05, 3.63) is 35.4 Å². The molecule has 8 nitrogen and oxygen atoms in total. The number of hydrogen-bond acceptors (Lipinski definition) is 4. The zero-order valence-corrected chi connectivity index (χ0v) is 15.4. The number of imide groups is 1. The maximum absolute atomic E-state index is 12.9. The molecule has 1 saturated carbocycles. The Labute approximate surface area is 156 Å². The van der Waals surface area contributed by atoms with Gasteiger partial charge in [-0.3, -0.25) is 14.9 Å². The summed E-state index contributed by atoms with van der Waals surface area (Å²) in [4.78, 5) is 49.6. The summed E-state index contributed by atoms with van der Waals surface area (Å²) in [7, 11) is 1.53. The van der Waals surface area contributed by atoms with E-state index in [-0.39, 0.29) is 5.91 Å². The molecule has 0 aromatic heterocycles. The molecule has 1 aromatic rings. The lowest BCUT2D eigenvalue weighted by molar-refractivity contribution is -0.151. The summed E-state index contributed by atoms with van der Waals surface area (Å²) in [5, 5.41) is 14.5. The summed E-state index contributed by atoms with van der Waals surface area (Å²) >= 11 is 0. The van der Waals surface area contributed by atoms with Gasteiger partial charge in [0, 0.05) is 12.6 Å². The summed E-state index contributed by atoms with van der Waals surface area (Å²) < 4.78 is 0. The maximum Gasteiger partial charge on any atom is 0.329 e. The molecular weight excluding hydrogens is 350 g/mol. The van der Waals surface area contributed by atoms with E-state index in [1.54, 1.807) is 31.2 Å². The minimum absolute atomic E-state index is 0.334. The number of nitrogens with one attached hydrogen (secondary N) is 2. The Morgan fingerprint density at radius 2 is 1.67 bits per heavy atom. The van der Waals surface area contributed by atoms with Crippen LogP contribution in [0.4, 0.5) is 4.79 Å². The normalized spacial score (nSPS) is 24.1. The Morgan fingerprint density at radius 1 is 1.07 bits per heavy atom. The molecule has 1 saturated heterocycles. The second-order valence-electron chi connectivity index (χ2n) is 7.37. The third kappa shape index (κ3) is 3.05. The molecule has 8 heteroatoms. The van der Waals surface area contributed by atoms with E-state index in [0.717, 1.165) is 19.3 Å². The van der Waals surface area contributed by atoms with E-state index in [9.17, 15) is 24.3 Å². The summed E-state index contributed by atoms with van der Waals surface area (Å²) in [6.45, 7) is 1.58. The minimum Gasteiger partial charge on any atom is -0.479 e. The van der Waals surface area contributed by atoms with Crippen LogP contribution in [0.25, 0.3) is 0 Å². The highest BCUT2D eigenvalue weighted by atomic mass is 16.4. The molecule has 1 atom stereocenters. The maximum atomic E-state index is 12.9. The number of carbonyl (C=O) groups is 4. The predicted molar refractivity (Wildman–Crippen MR) is 96.0 cm³/mol. The molecule has 3 rings (SSSR count). The molecule has 1 unspecified atom stereocenters. The highest BCUT2D eigenvalue weighted by molar-refractivity contribution is 6.07. The van der Waals surface area contributed by atoms with Crippen LogP contribution in [0.15, 0.2) is 24.3 Å². The van der Waals surface area contributed by atoms with Crippen molar-refractivity contribution in [1.29, 1.82) is 0 Å². The average molecular weight is 373 g/mol. The van der Waals surface area contributed by atoms with Gasteiger partial charge in [-0.1, -0.05) is 31.4 Å². The molecule has 2 fully saturated rings. The fourth-order valence-electron chi connectivity index (χ4n) is 3.91. The lowest BCUT2D eigenvalue weighted by Gasteiger charge is -2.41. The molecule has 1 heterocycles. The molecule has 3 N–H and O–H groups in total. The second kappa shape index (κ2) is 6.68. The molecule has 0 bridgehead atoms. The van der Waals surface area contributed by atoms with E-state index in [1.165, 1.54) is 11.9 Å². The van der Waals surface area contributed by atoms with Crippen LogP contribution >= 0.6 is 0 Å². The van der Waals surface area contributed by atoms with E-state index in [1.807, 2.05) is 0 Å². The van der Waals surface area contributed by atoms with E-state index in [4.69, 9.17) is 0 Å². The van der Waals surface area contributed by atoms with Crippen molar-refractivity contribution in [3.8, 4) is 0 Å². The van der Waals surface area contributed by atoms with Gasteiger partial charge in [0.05, 0.1) is 0 Å². The predicted octanol–water partition coefficient (Wildman–Crippen LogP) is 1.60. The first-order valence-electron chi connectivity index (χ1n) is 8.96. The van der Waals surface area contributed by atoms with Gasteiger partial charge in [-0.15, -0.1) is 0 Å². The molecule has 2 aliphatic rings. The first kappa shape index (κ1) is 18.9. The van der Waals surface area contributed by atoms with Crippen LogP contribution in [0.5, 0.6) is 0 Å². The third-order valence-electron chi connectivity index (χ3n) is 5.78. The number of rotatable bonds is 4. The number of nitrogens with zero attached hydrogens (tertiary/aromatic N) is 1. The van der Waals surface area contributed by atoms with Crippen LogP contribution in [0.1, 0.15) is 54.9 Å². The average Bonchev–Trinajstić information content (AvgIpc) is 2.93. The summed E-state index contributed by atoms with van der Waals surface area (Å²) in [5.41, 5.74) is -1.51. The van der Waals surface area contributed by atoms with Crippen LogP contribution < -0.4 is 10.6 Å². The number of aliphatic carboxylic acids is 1. The molecule has 27 heavy (non-hydrogen) atoms. The minimum atomic E-state index is -1.20. The van der Waals surface area contributed by atoms with Gasteiger partial charge in [0.1, 0.15) is 11.1 Å². The topological polar surface area (TPSA) is 116 Å². The number of carboxylic acids is 1. The zero-order chi connectivity index (χ0) is 19.8. The first-order chi connectivity index (χ1) is 12.7. The van der Waals surface area contributed by atoms with Gasteiger partial charge in [0.25, 0.3) is 11.8 Å². The van der Waals surface area contributed by atoms with Crippen molar-refractivity contribution in [2.45, 2.75) is 50.1 Å². The number of likely N-dealkylation sites (N-methyl/N-ethyl adjacent to an activating group) is 1. The van der Waals surface area contributed by atoms with E-state index in [2.05, 4.69) is 10.6 Å². The smallest absolute Gasteiger partial charge is 0.329 e. The summed E-state index contributed by atoms with van der Waals surface area (Å²) in [5.74, 6) is -1.82. The van der Waals surface area contributed by atoms with Gasteiger partial charge in [-0.25, -0.2) is 9.59 Å². The standard InChI is InChI=1S/C19H23N3O5/c1-18(15(24)20-17(27)21-18)13-8-6-12(7-9-13)14(23)22(2)19(16(25)26)10-4-3-5-11-19/h6-9H,3-5,10-11H2,1-2H3,(H,25,26)(H2,20,21,24,27). The van der Waals surface area contributed by atoms with Gasteiger partial charge >= 0.3 is 12.0 Å². The van der Waals surface area contributed by atoms with Crippen LogP contribution in [-0.4, -0.2) is 46.4 Å². The van der Waals surface area contributed by atoms with E-state index < -0.39 is 29.0 Å². The monoisotopic (exact) mass is 373 g/mol. The molecule has 1 aromatic carbocycles.